The van der Waals surface area contributed by atoms with Crippen LogP contribution in [0.25, 0.3) is 11.3 Å². The SMILES string of the molecule is Cc1cc(-c2cc(F)c(C#N)c(F)c2)nc(CC(N)=O)n1. The lowest BCUT2D eigenvalue weighted by molar-refractivity contribution is -0.117. The molecule has 0 saturated carbocycles. The maximum absolute atomic E-state index is 13.6. The van der Waals surface area contributed by atoms with E-state index in [2.05, 4.69) is 9.97 Å². The van der Waals surface area contributed by atoms with Crippen molar-refractivity contribution in [2.24, 2.45) is 5.73 Å². The molecule has 1 aromatic heterocycles. The van der Waals surface area contributed by atoms with Gasteiger partial charge in [0.05, 0.1) is 12.1 Å². The van der Waals surface area contributed by atoms with E-state index >= 15 is 0 Å². The summed E-state index contributed by atoms with van der Waals surface area (Å²) >= 11 is 0. The van der Waals surface area contributed by atoms with E-state index in [0.717, 1.165) is 12.1 Å². The fraction of sp³-hybridized carbons (Fsp3) is 0.143. The quantitative estimate of drug-likeness (QED) is 0.929. The Kier molecular flexibility index (Phi) is 3.89. The average Bonchev–Trinajstić information content (AvgIpc) is 2.36. The molecule has 0 spiro atoms. The van der Waals surface area contributed by atoms with Crippen molar-refractivity contribution in [1.82, 2.24) is 9.97 Å². The highest BCUT2D eigenvalue weighted by Crippen LogP contribution is 2.23. The van der Waals surface area contributed by atoms with Gasteiger partial charge in [0.25, 0.3) is 0 Å². The molecule has 2 aromatic rings. The van der Waals surface area contributed by atoms with E-state index in [9.17, 15) is 13.6 Å². The Balaban J connectivity index is 2.54. The van der Waals surface area contributed by atoms with Crippen molar-refractivity contribution in [3.05, 3.63) is 46.9 Å². The van der Waals surface area contributed by atoms with Gasteiger partial charge in [-0.15, -0.1) is 0 Å². The Morgan fingerprint density at radius 1 is 1.29 bits per heavy atom. The van der Waals surface area contributed by atoms with Gasteiger partial charge in [0.2, 0.25) is 5.91 Å². The fourth-order valence-electron chi connectivity index (χ4n) is 1.84. The summed E-state index contributed by atoms with van der Waals surface area (Å²) < 4.78 is 27.3. The Morgan fingerprint density at radius 3 is 2.43 bits per heavy atom. The van der Waals surface area contributed by atoms with E-state index in [1.807, 2.05) is 0 Å². The van der Waals surface area contributed by atoms with E-state index in [0.29, 0.717) is 5.69 Å². The summed E-state index contributed by atoms with van der Waals surface area (Å²) in [6.07, 6.45) is -0.171. The molecule has 0 bridgehead atoms. The van der Waals surface area contributed by atoms with Crippen LogP contribution in [0.4, 0.5) is 8.78 Å². The molecule has 0 unspecified atom stereocenters. The number of primary amides is 1. The summed E-state index contributed by atoms with van der Waals surface area (Å²) in [6, 6.07) is 4.99. The number of benzene rings is 1. The van der Waals surface area contributed by atoms with Crippen molar-refractivity contribution < 1.29 is 13.6 Å². The zero-order chi connectivity index (χ0) is 15.6. The van der Waals surface area contributed by atoms with Crippen LogP contribution in [0.3, 0.4) is 0 Å². The second-order valence-corrected chi connectivity index (χ2v) is 4.38. The summed E-state index contributed by atoms with van der Waals surface area (Å²) in [5.74, 6) is -2.38. The van der Waals surface area contributed by atoms with Gasteiger partial charge in [-0.05, 0) is 25.1 Å². The van der Waals surface area contributed by atoms with Crippen LogP contribution in [-0.4, -0.2) is 15.9 Å². The third-order valence-corrected chi connectivity index (χ3v) is 2.68. The van der Waals surface area contributed by atoms with Gasteiger partial charge in [0.1, 0.15) is 29.1 Å². The van der Waals surface area contributed by atoms with Gasteiger partial charge in [-0.2, -0.15) is 5.26 Å². The minimum atomic E-state index is -0.972. The van der Waals surface area contributed by atoms with Crippen LogP contribution in [0.1, 0.15) is 17.1 Å². The minimum absolute atomic E-state index is 0.153. The van der Waals surface area contributed by atoms with Crippen molar-refractivity contribution >= 4 is 5.91 Å². The Labute approximate surface area is 119 Å². The van der Waals surface area contributed by atoms with Crippen molar-refractivity contribution in [1.29, 1.82) is 5.26 Å². The zero-order valence-corrected chi connectivity index (χ0v) is 11.0. The fourth-order valence-corrected chi connectivity index (χ4v) is 1.84. The second kappa shape index (κ2) is 5.63. The van der Waals surface area contributed by atoms with Crippen molar-refractivity contribution in [2.45, 2.75) is 13.3 Å². The topological polar surface area (TPSA) is 92.7 Å². The van der Waals surface area contributed by atoms with E-state index in [1.165, 1.54) is 12.1 Å². The minimum Gasteiger partial charge on any atom is -0.369 e. The Hall–Kier alpha value is -2.88. The molecule has 7 heteroatoms. The van der Waals surface area contributed by atoms with Crippen molar-refractivity contribution in [2.75, 3.05) is 0 Å². The molecule has 1 heterocycles. The molecule has 106 valence electrons. The van der Waals surface area contributed by atoms with Crippen LogP contribution in [0.15, 0.2) is 18.2 Å². The molecule has 0 aliphatic carbocycles. The Morgan fingerprint density at radius 2 is 1.90 bits per heavy atom. The van der Waals surface area contributed by atoms with Crippen LogP contribution in [0, 0.1) is 29.9 Å². The number of aromatic nitrogens is 2. The maximum atomic E-state index is 13.6. The number of carbonyl (C=O) groups is 1. The molecule has 0 atom stereocenters. The number of rotatable bonds is 3. The standard InChI is InChI=1S/C14H10F2N4O/c1-7-2-12(20-14(19-7)5-13(18)21)8-3-10(15)9(6-17)11(16)4-8/h2-4H,5H2,1H3,(H2,18,21). The predicted molar refractivity (Wildman–Crippen MR) is 69.7 cm³/mol. The summed E-state index contributed by atoms with van der Waals surface area (Å²) in [7, 11) is 0. The number of amides is 1. The molecule has 0 fully saturated rings. The van der Waals surface area contributed by atoms with Gasteiger partial charge in [0.15, 0.2) is 0 Å². The molecule has 5 nitrogen and oxygen atoms in total. The highest BCUT2D eigenvalue weighted by Gasteiger charge is 2.14. The third kappa shape index (κ3) is 3.17. The first-order valence-corrected chi connectivity index (χ1v) is 5.93. The molecule has 1 aromatic carbocycles. The number of nitrogens with zero attached hydrogens (tertiary/aromatic N) is 3. The summed E-state index contributed by atoms with van der Waals surface area (Å²) in [6.45, 7) is 1.66. The summed E-state index contributed by atoms with van der Waals surface area (Å²) in [5.41, 5.74) is 5.36. The molecule has 0 radical (unpaired) electrons. The molecule has 2 N–H and O–H groups in total. The van der Waals surface area contributed by atoms with E-state index in [1.54, 1.807) is 6.92 Å². The smallest absolute Gasteiger partial charge is 0.225 e. The first kappa shape index (κ1) is 14.5. The lowest BCUT2D eigenvalue weighted by Gasteiger charge is -2.06. The highest BCUT2D eigenvalue weighted by molar-refractivity contribution is 5.76. The number of hydrogen-bond acceptors (Lipinski definition) is 4. The number of aryl methyl sites for hydroxylation is 1. The van der Waals surface area contributed by atoms with Gasteiger partial charge in [-0.1, -0.05) is 0 Å². The van der Waals surface area contributed by atoms with Crippen molar-refractivity contribution in [3.8, 4) is 17.3 Å². The lowest BCUT2D eigenvalue weighted by Crippen LogP contribution is -2.16. The molecular formula is C14H10F2N4O. The number of halogens is 2. The maximum Gasteiger partial charge on any atom is 0.225 e. The monoisotopic (exact) mass is 288 g/mol. The largest absolute Gasteiger partial charge is 0.369 e. The second-order valence-electron chi connectivity index (χ2n) is 4.38. The zero-order valence-electron chi connectivity index (χ0n) is 11.0. The number of nitrogens with two attached hydrogens (primary N) is 1. The molecule has 0 aliphatic heterocycles. The molecule has 0 aliphatic rings. The lowest BCUT2D eigenvalue weighted by atomic mass is 10.1. The van der Waals surface area contributed by atoms with E-state index in [-0.39, 0.29) is 23.5 Å². The highest BCUT2D eigenvalue weighted by atomic mass is 19.1. The van der Waals surface area contributed by atoms with Crippen LogP contribution in [0.2, 0.25) is 0 Å². The van der Waals surface area contributed by atoms with Gasteiger partial charge in [-0.25, -0.2) is 18.7 Å². The van der Waals surface area contributed by atoms with Gasteiger partial charge in [0, 0.05) is 11.3 Å². The first-order valence-electron chi connectivity index (χ1n) is 5.93. The van der Waals surface area contributed by atoms with Gasteiger partial charge < -0.3 is 5.73 Å². The molecule has 1 amide bonds. The van der Waals surface area contributed by atoms with E-state index in [4.69, 9.17) is 11.0 Å². The number of nitriles is 1. The molecule has 21 heavy (non-hydrogen) atoms. The molecule has 2 rings (SSSR count). The molecule has 0 saturated heterocycles. The van der Waals surface area contributed by atoms with Crippen LogP contribution < -0.4 is 5.73 Å². The first-order chi connectivity index (χ1) is 9.90. The predicted octanol–water partition coefficient (Wildman–Crippen LogP) is 1.63. The van der Waals surface area contributed by atoms with Crippen molar-refractivity contribution in [3.63, 3.8) is 0 Å². The average molecular weight is 288 g/mol. The van der Waals surface area contributed by atoms with Crippen LogP contribution in [0.5, 0.6) is 0 Å². The molecular weight excluding hydrogens is 278 g/mol. The van der Waals surface area contributed by atoms with Gasteiger partial charge in [-0.3, -0.25) is 4.79 Å². The van der Waals surface area contributed by atoms with Crippen LogP contribution in [-0.2, 0) is 11.2 Å². The summed E-state index contributed by atoms with van der Waals surface area (Å²) in [4.78, 5) is 19.0. The van der Waals surface area contributed by atoms with Gasteiger partial charge >= 0.3 is 0 Å². The van der Waals surface area contributed by atoms with Crippen LogP contribution >= 0.6 is 0 Å². The van der Waals surface area contributed by atoms with E-state index < -0.39 is 23.1 Å². The Bertz CT molecular complexity index is 745. The normalized spacial score (nSPS) is 10.2. The number of carbonyl (C=O) groups excluding carboxylic acids is 1. The summed E-state index contributed by atoms with van der Waals surface area (Å²) in [5, 5.41) is 8.64. The number of hydrogen-bond donors (Lipinski definition) is 1. The third-order valence-electron chi connectivity index (χ3n) is 2.68.